The molecule has 0 aliphatic carbocycles. The second-order valence-corrected chi connectivity index (χ2v) is 4.45. The number of nitrogens with zero attached hydrogens (tertiary/aromatic N) is 3. The fourth-order valence-electron chi connectivity index (χ4n) is 1.96. The Balaban J connectivity index is 2.26. The van der Waals surface area contributed by atoms with Gasteiger partial charge in [0.15, 0.2) is 5.69 Å². The summed E-state index contributed by atoms with van der Waals surface area (Å²) in [5.74, 6) is -1.63. The normalized spacial score (nSPS) is 10.5. The third-order valence-electron chi connectivity index (χ3n) is 2.99. The molecule has 8 heteroatoms. The highest BCUT2D eigenvalue weighted by Gasteiger charge is 2.18. The van der Waals surface area contributed by atoms with Crippen molar-refractivity contribution in [2.45, 2.75) is 13.0 Å². The van der Waals surface area contributed by atoms with Gasteiger partial charge in [-0.05, 0) is 24.2 Å². The maximum Gasteiger partial charge on any atom is 0.358 e. The Morgan fingerprint density at radius 3 is 2.43 bits per heavy atom. The van der Waals surface area contributed by atoms with Gasteiger partial charge in [0.2, 0.25) is 5.91 Å². The van der Waals surface area contributed by atoms with Crippen molar-refractivity contribution in [3.63, 3.8) is 0 Å². The highest BCUT2D eigenvalue weighted by Crippen LogP contribution is 2.11. The van der Waals surface area contributed by atoms with Crippen LogP contribution < -0.4 is 11.5 Å². The van der Waals surface area contributed by atoms with E-state index in [-0.39, 0.29) is 5.69 Å². The third-order valence-corrected chi connectivity index (χ3v) is 2.99. The van der Waals surface area contributed by atoms with Crippen LogP contribution in [-0.4, -0.2) is 38.5 Å². The van der Waals surface area contributed by atoms with Gasteiger partial charge in [0, 0.05) is 12.0 Å². The number of carbonyl (C=O) groups excluding carboxylic acids is 1. The van der Waals surface area contributed by atoms with Crippen molar-refractivity contribution in [1.29, 1.82) is 0 Å². The quantitative estimate of drug-likeness (QED) is 0.663. The van der Waals surface area contributed by atoms with Crippen molar-refractivity contribution in [2.24, 2.45) is 11.5 Å². The van der Waals surface area contributed by atoms with Crippen molar-refractivity contribution >= 4 is 11.9 Å². The number of aromatic nitrogens is 3. The molecule has 0 saturated heterocycles. The van der Waals surface area contributed by atoms with Crippen LogP contribution in [0.2, 0.25) is 0 Å². The highest BCUT2D eigenvalue weighted by atomic mass is 16.4. The second-order valence-electron chi connectivity index (χ2n) is 4.45. The maximum absolute atomic E-state index is 11.1. The molecule has 0 spiro atoms. The summed E-state index contributed by atoms with van der Waals surface area (Å²) in [6.45, 7) is 0.642. The summed E-state index contributed by atoms with van der Waals surface area (Å²) in [4.78, 5) is 22.1. The topological polar surface area (TPSA) is 137 Å². The molecule has 21 heavy (non-hydrogen) atoms. The fraction of sp³-hybridized carbons (Fsp3) is 0.231. The summed E-state index contributed by atoms with van der Waals surface area (Å²) in [7, 11) is 0. The van der Waals surface area contributed by atoms with Crippen molar-refractivity contribution < 1.29 is 14.7 Å². The molecule has 1 aromatic heterocycles. The van der Waals surface area contributed by atoms with Gasteiger partial charge in [-0.1, -0.05) is 17.3 Å². The van der Waals surface area contributed by atoms with E-state index in [1.165, 1.54) is 4.68 Å². The molecule has 0 aliphatic heterocycles. The van der Waals surface area contributed by atoms with Crippen molar-refractivity contribution in [3.05, 3.63) is 46.8 Å². The molecule has 0 unspecified atom stereocenters. The molecule has 1 amide bonds. The lowest BCUT2D eigenvalue weighted by atomic mass is 10.1. The number of carboxylic acid groups (broad SMARTS) is 1. The van der Waals surface area contributed by atoms with Crippen molar-refractivity contribution in [3.8, 4) is 0 Å². The van der Waals surface area contributed by atoms with Crippen LogP contribution in [0.15, 0.2) is 24.3 Å². The first-order valence-electron chi connectivity index (χ1n) is 6.27. The van der Waals surface area contributed by atoms with Gasteiger partial charge >= 0.3 is 5.97 Å². The van der Waals surface area contributed by atoms with E-state index in [0.717, 1.165) is 5.56 Å². The molecule has 1 heterocycles. The fourth-order valence-corrected chi connectivity index (χ4v) is 1.96. The van der Waals surface area contributed by atoms with E-state index in [0.29, 0.717) is 30.8 Å². The Morgan fingerprint density at radius 1 is 1.24 bits per heavy atom. The molecule has 0 aliphatic rings. The molecule has 110 valence electrons. The molecular formula is C13H15N5O3. The average molecular weight is 289 g/mol. The van der Waals surface area contributed by atoms with E-state index in [9.17, 15) is 9.59 Å². The minimum Gasteiger partial charge on any atom is -0.476 e. The van der Waals surface area contributed by atoms with Crippen LogP contribution in [0.5, 0.6) is 0 Å². The number of amides is 1. The zero-order chi connectivity index (χ0) is 15.4. The first kappa shape index (κ1) is 14.7. The number of aromatic carboxylic acids is 1. The van der Waals surface area contributed by atoms with Crippen LogP contribution in [0, 0.1) is 0 Å². The monoisotopic (exact) mass is 289 g/mol. The predicted octanol–water partition coefficient (Wildman–Crippen LogP) is -0.375. The molecule has 0 bridgehead atoms. The Morgan fingerprint density at radius 2 is 1.90 bits per heavy atom. The SMILES string of the molecule is NCCc1c(C(=O)O)nnn1Cc1ccc(C(N)=O)cc1. The van der Waals surface area contributed by atoms with Gasteiger partial charge in [-0.3, -0.25) is 4.79 Å². The number of nitrogens with two attached hydrogens (primary N) is 2. The minimum atomic E-state index is -1.13. The number of benzene rings is 1. The van der Waals surface area contributed by atoms with Crippen molar-refractivity contribution in [1.82, 2.24) is 15.0 Å². The van der Waals surface area contributed by atoms with Crippen LogP contribution in [0.1, 0.15) is 32.1 Å². The number of rotatable bonds is 6. The van der Waals surface area contributed by atoms with Crippen LogP contribution in [0.4, 0.5) is 0 Å². The summed E-state index contributed by atoms with van der Waals surface area (Å²) in [5.41, 5.74) is 12.3. The standard InChI is InChI=1S/C13H15N5O3/c14-6-5-10-11(13(20)21)16-17-18(10)7-8-1-3-9(4-2-8)12(15)19/h1-4H,5-7,14H2,(H2,15,19)(H,20,21). The van der Waals surface area contributed by atoms with Crippen LogP contribution in [0.25, 0.3) is 0 Å². The van der Waals surface area contributed by atoms with Gasteiger partial charge in [-0.2, -0.15) is 0 Å². The van der Waals surface area contributed by atoms with Gasteiger partial charge in [0.05, 0.1) is 12.2 Å². The molecule has 5 N–H and O–H groups in total. The van der Waals surface area contributed by atoms with E-state index in [1.54, 1.807) is 24.3 Å². The predicted molar refractivity (Wildman–Crippen MR) is 73.8 cm³/mol. The van der Waals surface area contributed by atoms with Gasteiger partial charge in [-0.15, -0.1) is 5.10 Å². The lowest BCUT2D eigenvalue weighted by molar-refractivity contribution is 0.0689. The molecule has 1 aromatic carbocycles. The zero-order valence-electron chi connectivity index (χ0n) is 11.2. The van der Waals surface area contributed by atoms with E-state index >= 15 is 0 Å². The smallest absolute Gasteiger partial charge is 0.358 e. The second kappa shape index (κ2) is 6.14. The molecule has 0 radical (unpaired) electrons. The molecule has 0 fully saturated rings. The van der Waals surface area contributed by atoms with Crippen LogP contribution in [0.3, 0.4) is 0 Å². The van der Waals surface area contributed by atoms with Crippen LogP contribution in [-0.2, 0) is 13.0 Å². The number of carboxylic acids is 1. The minimum absolute atomic E-state index is 0.0887. The molecule has 2 rings (SSSR count). The van der Waals surface area contributed by atoms with Crippen LogP contribution >= 0.6 is 0 Å². The number of primary amides is 1. The molecule has 0 atom stereocenters. The first-order valence-corrected chi connectivity index (χ1v) is 6.27. The Hall–Kier alpha value is -2.74. The Bertz CT molecular complexity index is 663. The summed E-state index contributed by atoms with van der Waals surface area (Å²) in [6.07, 6.45) is 0.369. The van der Waals surface area contributed by atoms with E-state index in [1.807, 2.05) is 0 Å². The maximum atomic E-state index is 11.1. The average Bonchev–Trinajstić information content (AvgIpc) is 2.83. The first-order chi connectivity index (χ1) is 10.0. The van der Waals surface area contributed by atoms with Crippen molar-refractivity contribution in [2.75, 3.05) is 6.54 Å². The largest absolute Gasteiger partial charge is 0.476 e. The zero-order valence-corrected chi connectivity index (χ0v) is 11.2. The highest BCUT2D eigenvalue weighted by molar-refractivity contribution is 5.92. The summed E-state index contributed by atoms with van der Waals surface area (Å²) >= 11 is 0. The molecule has 8 nitrogen and oxygen atoms in total. The third kappa shape index (κ3) is 3.23. The summed E-state index contributed by atoms with van der Waals surface area (Å²) in [6, 6.07) is 6.67. The van der Waals surface area contributed by atoms with Gasteiger partial charge in [-0.25, -0.2) is 9.48 Å². The van der Waals surface area contributed by atoms with E-state index in [2.05, 4.69) is 10.3 Å². The number of hydrogen-bond acceptors (Lipinski definition) is 5. The summed E-state index contributed by atoms with van der Waals surface area (Å²) < 4.78 is 1.50. The number of hydrogen-bond donors (Lipinski definition) is 3. The lowest BCUT2D eigenvalue weighted by Crippen LogP contribution is -2.14. The number of carbonyl (C=O) groups is 2. The van der Waals surface area contributed by atoms with E-state index in [4.69, 9.17) is 16.6 Å². The summed E-state index contributed by atoms with van der Waals surface area (Å²) in [5, 5.41) is 16.6. The van der Waals surface area contributed by atoms with E-state index < -0.39 is 11.9 Å². The molecule has 2 aromatic rings. The lowest BCUT2D eigenvalue weighted by Gasteiger charge is -2.06. The van der Waals surface area contributed by atoms with Gasteiger partial charge in [0.1, 0.15) is 0 Å². The molecule has 0 saturated carbocycles. The molecular weight excluding hydrogens is 274 g/mol. The van der Waals surface area contributed by atoms with Gasteiger partial charge < -0.3 is 16.6 Å². The Labute approximate surface area is 120 Å². The Kier molecular flexibility index (Phi) is 4.29. The van der Waals surface area contributed by atoms with Gasteiger partial charge in [0.25, 0.3) is 0 Å².